The Hall–Kier alpha value is -0.600. The summed E-state index contributed by atoms with van der Waals surface area (Å²) >= 11 is 5.63. The number of benzene rings is 1. The quantitative estimate of drug-likeness (QED) is 0.778. The molecule has 1 fully saturated rings. The highest BCUT2D eigenvalue weighted by molar-refractivity contribution is 6.30. The number of hydrogen-bond donors (Lipinski definition) is 1. The van der Waals surface area contributed by atoms with Crippen LogP contribution < -0.4 is 5.73 Å². The van der Waals surface area contributed by atoms with Crippen molar-refractivity contribution in [1.29, 1.82) is 0 Å². The second-order valence-electron chi connectivity index (χ2n) is 3.77. The van der Waals surface area contributed by atoms with Crippen LogP contribution in [0.5, 0.6) is 0 Å². The molecule has 2 N–H and O–H groups in total. The zero-order valence-corrected chi connectivity index (χ0v) is 7.94. The molecule has 0 spiro atoms. The lowest BCUT2D eigenvalue weighted by Gasteiger charge is -2.09. The van der Waals surface area contributed by atoms with Crippen LogP contribution in [0.4, 0.5) is 4.39 Å². The van der Waals surface area contributed by atoms with E-state index in [-0.39, 0.29) is 11.4 Å². The van der Waals surface area contributed by atoms with Crippen LogP contribution in [-0.2, 0) is 6.42 Å². The van der Waals surface area contributed by atoms with Crippen molar-refractivity contribution in [1.82, 2.24) is 0 Å². The van der Waals surface area contributed by atoms with Crippen LogP contribution in [0.15, 0.2) is 18.2 Å². The van der Waals surface area contributed by atoms with Gasteiger partial charge in [-0.3, -0.25) is 0 Å². The lowest BCUT2D eigenvalue weighted by Crippen LogP contribution is -2.24. The number of hydrogen-bond acceptors (Lipinski definition) is 1. The molecule has 0 unspecified atom stereocenters. The van der Waals surface area contributed by atoms with Crippen molar-refractivity contribution in [2.45, 2.75) is 24.8 Å². The van der Waals surface area contributed by atoms with Gasteiger partial charge in [0, 0.05) is 10.6 Å². The predicted octanol–water partition coefficient (Wildman–Crippen LogP) is 2.51. The first-order chi connectivity index (χ1) is 6.09. The summed E-state index contributed by atoms with van der Waals surface area (Å²) in [4.78, 5) is 0. The molecule has 0 aliphatic heterocycles. The van der Waals surface area contributed by atoms with Crippen molar-refractivity contribution in [3.63, 3.8) is 0 Å². The van der Waals surface area contributed by atoms with Gasteiger partial charge in [0.1, 0.15) is 5.82 Å². The molecule has 2 rings (SSSR count). The maximum absolute atomic E-state index is 13.3. The molecule has 1 saturated carbocycles. The molecule has 1 aromatic carbocycles. The first-order valence-electron chi connectivity index (χ1n) is 4.32. The second-order valence-corrected chi connectivity index (χ2v) is 4.21. The van der Waals surface area contributed by atoms with Gasteiger partial charge < -0.3 is 5.73 Å². The zero-order valence-electron chi connectivity index (χ0n) is 7.19. The summed E-state index contributed by atoms with van der Waals surface area (Å²) in [5.41, 5.74) is 6.41. The van der Waals surface area contributed by atoms with Crippen LogP contribution in [0.25, 0.3) is 0 Å². The first-order valence-corrected chi connectivity index (χ1v) is 4.70. The molecule has 0 heterocycles. The van der Waals surface area contributed by atoms with Crippen LogP contribution in [0.2, 0.25) is 5.02 Å². The van der Waals surface area contributed by atoms with E-state index in [0.717, 1.165) is 12.8 Å². The Morgan fingerprint density at radius 3 is 2.69 bits per heavy atom. The minimum Gasteiger partial charge on any atom is -0.325 e. The van der Waals surface area contributed by atoms with Crippen LogP contribution in [0.1, 0.15) is 18.4 Å². The van der Waals surface area contributed by atoms with Gasteiger partial charge >= 0.3 is 0 Å². The van der Waals surface area contributed by atoms with E-state index in [1.165, 1.54) is 6.07 Å². The van der Waals surface area contributed by atoms with Crippen molar-refractivity contribution >= 4 is 11.6 Å². The minimum atomic E-state index is -0.246. The van der Waals surface area contributed by atoms with Gasteiger partial charge in [-0.2, -0.15) is 0 Å². The SMILES string of the molecule is NC1(Cc2ccc(Cl)cc2F)CC1. The summed E-state index contributed by atoms with van der Waals surface area (Å²) in [6.45, 7) is 0. The molecule has 1 aromatic rings. The number of halogens is 2. The Balaban J connectivity index is 2.20. The molecular weight excluding hydrogens is 189 g/mol. The maximum Gasteiger partial charge on any atom is 0.127 e. The number of rotatable bonds is 2. The highest BCUT2D eigenvalue weighted by Crippen LogP contribution is 2.36. The highest BCUT2D eigenvalue weighted by Gasteiger charge is 2.38. The first kappa shape index (κ1) is 8.97. The Labute approximate surface area is 81.7 Å². The van der Waals surface area contributed by atoms with Gasteiger partial charge in [-0.1, -0.05) is 17.7 Å². The molecule has 70 valence electrons. The smallest absolute Gasteiger partial charge is 0.127 e. The Kier molecular flexibility index (Phi) is 2.05. The van der Waals surface area contributed by atoms with Crippen LogP contribution >= 0.6 is 11.6 Å². The second kappa shape index (κ2) is 2.96. The maximum atomic E-state index is 13.3. The highest BCUT2D eigenvalue weighted by atomic mass is 35.5. The van der Waals surface area contributed by atoms with E-state index in [1.54, 1.807) is 12.1 Å². The van der Waals surface area contributed by atoms with Crippen molar-refractivity contribution in [3.05, 3.63) is 34.6 Å². The summed E-state index contributed by atoms with van der Waals surface area (Å²) in [6.07, 6.45) is 2.61. The van der Waals surface area contributed by atoms with Gasteiger partial charge in [0.25, 0.3) is 0 Å². The van der Waals surface area contributed by atoms with E-state index in [0.29, 0.717) is 17.0 Å². The fraction of sp³-hybridized carbons (Fsp3) is 0.400. The molecule has 3 heteroatoms. The Morgan fingerprint density at radius 2 is 2.15 bits per heavy atom. The van der Waals surface area contributed by atoms with Gasteiger partial charge in [-0.25, -0.2) is 4.39 Å². The van der Waals surface area contributed by atoms with E-state index in [9.17, 15) is 4.39 Å². The molecule has 1 aliphatic rings. The van der Waals surface area contributed by atoms with Crippen molar-refractivity contribution in [2.75, 3.05) is 0 Å². The monoisotopic (exact) mass is 199 g/mol. The van der Waals surface area contributed by atoms with Gasteiger partial charge in [0.15, 0.2) is 0 Å². The fourth-order valence-corrected chi connectivity index (χ4v) is 1.54. The normalized spacial score (nSPS) is 18.7. The van der Waals surface area contributed by atoms with E-state index < -0.39 is 0 Å². The topological polar surface area (TPSA) is 26.0 Å². The fourth-order valence-electron chi connectivity index (χ4n) is 1.38. The van der Waals surface area contributed by atoms with Gasteiger partial charge in [-0.15, -0.1) is 0 Å². The Morgan fingerprint density at radius 1 is 1.46 bits per heavy atom. The van der Waals surface area contributed by atoms with E-state index >= 15 is 0 Å². The van der Waals surface area contributed by atoms with E-state index in [2.05, 4.69) is 0 Å². The van der Waals surface area contributed by atoms with Gasteiger partial charge in [0.05, 0.1) is 0 Å². The molecule has 13 heavy (non-hydrogen) atoms. The van der Waals surface area contributed by atoms with Crippen molar-refractivity contribution < 1.29 is 4.39 Å². The summed E-state index contributed by atoms with van der Waals surface area (Å²) in [5.74, 6) is -0.246. The standard InChI is InChI=1S/C10H11ClFN/c11-8-2-1-7(9(12)5-8)6-10(13)3-4-10/h1-2,5H,3-4,6,13H2. The number of nitrogens with two attached hydrogens (primary N) is 1. The van der Waals surface area contributed by atoms with E-state index in [1.807, 2.05) is 0 Å². The zero-order chi connectivity index (χ0) is 9.47. The molecule has 1 nitrogen and oxygen atoms in total. The molecule has 0 radical (unpaired) electrons. The molecule has 0 bridgehead atoms. The van der Waals surface area contributed by atoms with Crippen LogP contribution in [-0.4, -0.2) is 5.54 Å². The lowest BCUT2D eigenvalue weighted by atomic mass is 10.0. The summed E-state index contributed by atoms with van der Waals surface area (Å²) in [7, 11) is 0. The molecule has 0 aromatic heterocycles. The molecule has 0 amide bonds. The van der Waals surface area contributed by atoms with Gasteiger partial charge in [0.2, 0.25) is 0 Å². The average Bonchev–Trinajstić information content (AvgIpc) is 2.75. The van der Waals surface area contributed by atoms with Gasteiger partial charge in [-0.05, 0) is 37.0 Å². The lowest BCUT2D eigenvalue weighted by molar-refractivity contribution is 0.582. The Bertz CT molecular complexity index is 334. The third-order valence-corrected chi connectivity index (χ3v) is 2.68. The summed E-state index contributed by atoms with van der Waals surface area (Å²) in [6, 6.07) is 4.75. The largest absolute Gasteiger partial charge is 0.325 e. The molecule has 0 atom stereocenters. The third kappa shape index (κ3) is 2.01. The van der Waals surface area contributed by atoms with Crippen molar-refractivity contribution in [2.24, 2.45) is 5.73 Å². The van der Waals surface area contributed by atoms with E-state index in [4.69, 9.17) is 17.3 Å². The molecule has 0 saturated heterocycles. The van der Waals surface area contributed by atoms with Crippen LogP contribution in [0.3, 0.4) is 0 Å². The third-order valence-electron chi connectivity index (χ3n) is 2.45. The summed E-state index contributed by atoms with van der Waals surface area (Å²) in [5, 5.41) is 0.433. The summed E-state index contributed by atoms with van der Waals surface area (Å²) < 4.78 is 13.3. The molecule has 1 aliphatic carbocycles. The minimum absolute atomic E-state index is 0.144. The van der Waals surface area contributed by atoms with Crippen LogP contribution in [0, 0.1) is 5.82 Å². The van der Waals surface area contributed by atoms with Crippen molar-refractivity contribution in [3.8, 4) is 0 Å². The molecular formula is C10H11ClFN. The predicted molar refractivity (Wildman–Crippen MR) is 51.3 cm³/mol. The average molecular weight is 200 g/mol.